The van der Waals surface area contributed by atoms with E-state index in [2.05, 4.69) is 0 Å². The van der Waals surface area contributed by atoms with Crippen LogP contribution in [0.2, 0.25) is 0 Å². The molecule has 10 nitrogen and oxygen atoms in total. The molecule has 188 valence electrons. The predicted molar refractivity (Wildman–Crippen MR) is 129 cm³/mol. The number of nitro benzene ring substituents is 1. The van der Waals surface area contributed by atoms with Gasteiger partial charge >= 0.3 is 0 Å². The molecule has 0 fully saturated rings. The SMILES string of the molecule is CC[NH+](CC)CCN1C(=O)C([O-])=C(C(=O)c2cc3cccc(OC)c3o2)C1c1cccc([N+](=O)[O-])c1. The summed E-state index contributed by atoms with van der Waals surface area (Å²) in [6.07, 6.45) is 0. The smallest absolute Gasteiger partial charge is 0.269 e. The quantitative estimate of drug-likeness (QED) is 0.258. The number of carbonyl (C=O) groups is 2. The highest BCUT2D eigenvalue weighted by Crippen LogP contribution is 2.40. The first kappa shape index (κ1) is 24.9. The van der Waals surface area contributed by atoms with Crippen molar-refractivity contribution < 1.29 is 33.7 Å². The fraction of sp³-hybridized carbons (Fsp3) is 0.308. The maximum absolute atomic E-state index is 13.7. The van der Waals surface area contributed by atoms with Gasteiger partial charge in [-0.3, -0.25) is 19.7 Å². The Bertz CT molecular complexity index is 1360. The van der Waals surface area contributed by atoms with E-state index in [0.29, 0.717) is 28.8 Å². The Morgan fingerprint density at radius 3 is 2.56 bits per heavy atom. The Morgan fingerprint density at radius 1 is 1.17 bits per heavy atom. The Morgan fingerprint density at radius 2 is 1.89 bits per heavy atom. The zero-order valence-electron chi connectivity index (χ0n) is 20.3. The molecule has 36 heavy (non-hydrogen) atoms. The Balaban J connectivity index is 1.80. The van der Waals surface area contributed by atoms with Crippen LogP contribution in [-0.4, -0.2) is 54.8 Å². The van der Waals surface area contributed by atoms with E-state index in [4.69, 9.17) is 9.15 Å². The van der Waals surface area contributed by atoms with E-state index >= 15 is 0 Å². The van der Waals surface area contributed by atoms with Crippen molar-refractivity contribution in [1.82, 2.24) is 4.90 Å². The number of para-hydroxylation sites is 1. The molecule has 1 amide bonds. The molecule has 1 aliphatic heterocycles. The van der Waals surface area contributed by atoms with Gasteiger partial charge in [0.25, 0.3) is 5.69 Å². The molecule has 2 aromatic carbocycles. The summed E-state index contributed by atoms with van der Waals surface area (Å²) >= 11 is 0. The normalized spacial score (nSPS) is 15.8. The number of methoxy groups -OCH3 is 1. The summed E-state index contributed by atoms with van der Waals surface area (Å²) in [5, 5.41) is 25.2. The van der Waals surface area contributed by atoms with Crippen molar-refractivity contribution >= 4 is 28.3 Å². The van der Waals surface area contributed by atoms with Crippen molar-refractivity contribution in [2.45, 2.75) is 19.9 Å². The number of carbonyl (C=O) groups excluding carboxylic acids is 2. The number of nitro groups is 1. The standard InChI is InChI=1S/C26H27N3O7/c1-4-27(5-2)12-13-28-22(16-8-6-10-18(14-16)29(33)34)21(24(31)26(28)32)23(30)20-15-17-9-7-11-19(35-3)25(17)36-20/h6-11,14-15,22,31H,4-5,12-13H2,1-3H3. The fourth-order valence-corrected chi connectivity index (χ4v) is 4.58. The molecule has 0 bridgehead atoms. The van der Waals surface area contributed by atoms with Crippen molar-refractivity contribution in [3.63, 3.8) is 0 Å². The van der Waals surface area contributed by atoms with Gasteiger partial charge in [-0.15, -0.1) is 0 Å². The summed E-state index contributed by atoms with van der Waals surface area (Å²) < 4.78 is 11.1. The second kappa shape index (κ2) is 10.2. The lowest BCUT2D eigenvalue weighted by molar-refractivity contribution is -0.895. The Labute approximate surface area is 207 Å². The number of furan rings is 1. The highest BCUT2D eigenvalue weighted by Gasteiger charge is 2.41. The van der Waals surface area contributed by atoms with Crippen LogP contribution in [0.15, 0.2) is 64.3 Å². The Hall–Kier alpha value is -4.18. The molecule has 0 radical (unpaired) electrons. The van der Waals surface area contributed by atoms with Gasteiger partial charge in [0.1, 0.15) is 0 Å². The van der Waals surface area contributed by atoms with Gasteiger partial charge in [-0.2, -0.15) is 0 Å². The van der Waals surface area contributed by atoms with Crippen LogP contribution in [0.1, 0.15) is 36.0 Å². The molecule has 1 N–H and O–H groups in total. The molecule has 0 aliphatic carbocycles. The number of quaternary nitrogens is 1. The van der Waals surface area contributed by atoms with Crippen molar-refractivity contribution in [3.8, 4) is 5.75 Å². The fourth-order valence-electron chi connectivity index (χ4n) is 4.58. The van der Waals surface area contributed by atoms with E-state index in [9.17, 15) is 24.8 Å². The number of rotatable bonds is 10. The number of amides is 1. The number of ketones is 1. The molecule has 0 saturated heterocycles. The molecule has 0 saturated carbocycles. The van der Waals surface area contributed by atoms with Crippen LogP contribution in [0, 0.1) is 10.1 Å². The summed E-state index contributed by atoms with van der Waals surface area (Å²) in [5.74, 6) is -2.17. The van der Waals surface area contributed by atoms with Crippen molar-refractivity contribution in [1.29, 1.82) is 0 Å². The van der Waals surface area contributed by atoms with Gasteiger partial charge in [0.05, 0.1) is 44.3 Å². The lowest BCUT2D eigenvalue weighted by Crippen LogP contribution is -3.12. The number of hydrogen-bond donors (Lipinski definition) is 1. The summed E-state index contributed by atoms with van der Waals surface area (Å²) in [6.45, 7) is 6.45. The van der Waals surface area contributed by atoms with Gasteiger partial charge in [-0.05, 0) is 37.3 Å². The molecule has 1 aliphatic rings. The summed E-state index contributed by atoms with van der Waals surface area (Å²) in [5.41, 5.74) is 0.173. The van der Waals surface area contributed by atoms with E-state index in [-0.39, 0.29) is 23.6 Å². The van der Waals surface area contributed by atoms with E-state index in [1.54, 1.807) is 24.3 Å². The number of likely N-dealkylation sites (N-methyl/N-ethyl adjacent to an activating group) is 1. The zero-order chi connectivity index (χ0) is 26.0. The third kappa shape index (κ3) is 4.42. The number of nitrogens with zero attached hydrogens (tertiary/aromatic N) is 2. The van der Waals surface area contributed by atoms with Gasteiger partial charge in [0.15, 0.2) is 17.1 Å². The molecule has 1 atom stereocenters. The second-order valence-electron chi connectivity index (χ2n) is 8.52. The van der Waals surface area contributed by atoms with Gasteiger partial charge in [-0.1, -0.05) is 24.3 Å². The number of Topliss-reactive ketones (excluding diaryl/α,β-unsaturated/α-hetero) is 1. The van der Waals surface area contributed by atoms with Gasteiger partial charge < -0.3 is 24.1 Å². The van der Waals surface area contributed by atoms with Crippen LogP contribution < -0.4 is 14.7 Å². The molecule has 1 unspecified atom stereocenters. The van der Waals surface area contributed by atoms with Crippen LogP contribution in [0.4, 0.5) is 5.69 Å². The summed E-state index contributed by atoms with van der Waals surface area (Å²) in [7, 11) is 1.47. The number of benzene rings is 2. The highest BCUT2D eigenvalue weighted by atomic mass is 16.6. The van der Waals surface area contributed by atoms with E-state index in [1.165, 1.54) is 41.2 Å². The minimum absolute atomic E-state index is 0.114. The highest BCUT2D eigenvalue weighted by molar-refractivity contribution is 6.16. The number of non-ortho nitro benzene ring substituents is 1. The third-order valence-electron chi connectivity index (χ3n) is 6.58. The molecule has 3 aromatic rings. The molecule has 4 rings (SSSR count). The number of ether oxygens (including phenoxy) is 1. The molecule has 0 spiro atoms. The lowest BCUT2D eigenvalue weighted by Gasteiger charge is -2.28. The van der Waals surface area contributed by atoms with Crippen LogP contribution in [0.25, 0.3) is 11.0 Å². The van der Waals surface area contributed by atoms with Crippen molar-refractivity contribution in [3.05, 3.63) is 81.3 Å². The average molecular weight is 494 g/mol. The number of hydrogen-bond acceptors (Lipinski definition) is 7. The van der Waals surface area contributed by atoms with E-state index < -0.39 is 28.4 Å². The van der Waals surface area contributed by atoms with Gasteiger partial charge in [0, 0.05) is 23.1 Å². The van der Waals surface area contributed by atoms with Crippen LogP contribution >= 0.6 is 0 Å². The maximum Gasteiger partial charge on any atom is 0.269 e. The average Bonchev–Trinajstić information content (AvgIpc) is 3.43. The van der Waals surface area contributed by atoms with Crippen LogP contribution in [0.3, 0.4) is 0 Å². The molecular formula is C26H27N3O7. The zero-order valence-corrected chi connectivity index (χ0v) is 20.3. The molecule has 1 aromatic heterocycles. The van der Waals surface area contributed by atoms with Crippen LogP contribution in [-0.2, 0) is 4.79 Å². The first-order valence-electron chi connectivity index (χ1n) is 11.7. The van der Waals surface area contributed by atoms with Crippen molar-refractivity contribution in [2.24, 2.45) is 0 Å². The van der Waals surface area contributed by atoms with Crippen molar-refractivity contribution in [2.75, 3.05) is 33.3 Å². The minimum Gasteiger partial charge on any atom is -0.868 e. The predicted octanol–water partition coefficient (Wildman–Crippen LogP) is 1.65. The molecule has 10 heteroatoms. The van der Waals surface area contributed by atoms with Crippen LogP contribution in [0.5, 0.6) is 5.75 Å². The summed E-state index contributed by atoms with van der Waals surface area (Å²) in [6, 6.07) is 11.3. The van der Waals surface area contributed by atoms with E-state index in [0.717, 1.165) is 13.1 Å². The second-order valence-corrected chi connectivity index (χ2v) is 8.52. The monoisotopic (exact) mass is 493 g/mol. The Kier molecular flexibility index (Phi) is 7.07. The third-order valence-corrected chi connectivity index (χ3v) is 6.58. The molecule has 2 heterocycles. The maximum atomic E-state index is 13.7. The topological polar surface area (TPSA) is 130 Å². The molecular weight excluding hydrogens is 466 g/mol. The van der Waals surface area contributed by atoms with E-state index in [1.807, 2.05) is 13.8 Å². The first-order chi connectivity index (χ1) is 17.3. The minimum atomic E-state index is -1.07. The van der Waals surface area contributed by atoms with Gasteiger partial charge in [0.2, 0.25) is 11.7 Å². The first-order valence-corrected chi connectivity index (χ1v) is 11.7. The van der Waals surface area contributed by atoms with Gasteiger partial charge in [-0.25, -0.2) is 0 Å². The largest absolute Gasteiger partial charge is 0.868 e. The lowest BCUT2D eigenvalue weighted by atomic mass is 9.94. The summed E-state index contributed by atoms with van der Waals surface area (Å²) in [4.78, 5) is 40.2. The number of fused-ring (bicyclic) bond motifs is 1. The number of nitrogens with one attached hydrogen (secondary N) is 1.